The third-order valence-electron chi connectivity index (χ3n) is 9.80. The van der Waals surface area contributed by atoms with E-state index in [4.69, 9.17) is 9.15 Å². The first-order valence-electron chi connectivity index (χ1n) is 13.2. The van der Waals surface area contributed by atoms with E-state index in [0.29, 0.717) is 29.7 Å². The number of phenols is 1. The van der Waals surface area contributed by atoms with Crippen molar-refractivity contribution in [1.82, 2.24) is 10.2 Å². The molecule has 194 valence electrons. The third kappa shape index (κ3) is 2.99. The Balaban J connectivity index is 0.00000231. The Kier molecular flexibility index (Phi) is 4.98. The normalized spacial score (nSPS) is 33.4. The predicted molar refractivity (Wildman–Crippen MR) is 140 cm³/mol. The molecular formula is C29H31ClN2O5. The molecule has 3 aromatic rings. The van der Waals surface area contributed by atoms with Crippen molar-refractivity contribution in [2.45, 2.75) is 67.7 Å². The van der Waals surface area contributed by atoms with Gasteiger partial charge in [0.05, 0.1) is 28.9 Å². The van der Waals surface area contributed by atoms with Crippen LogP contribution in [-0.2, 0) is 11.8 Å². The highest BCUT2D eigenvalue weighted by molar-refractivity contribution is 6.05. The number of nitrogens with zero attached hydrogens (tertiary/aromatic N) is 1. The van der Waals surface area contributed by atoms with Crippen molar-refractivity contribution >= 4 is 29.3 Å². The van der Waals surface area contributed by atoms with Crippen molar-refractivity contribution in [3.05, 3.63) is 59.4 Å². The molecule has 3 aliphatic carbocycles. The van der Waals surface area contributed by atoms with Crippen LogP contribution in [0.15, 0.2) is 47.1 Å². The van der Waals surface area contributed by atoms with Gasteiger partial charge in [-0.15, -0.1) is 12.4 Å². The summed E-state index contributed by atoms with van der Waals surface area (Å²) >= 11 is 0. The van der Waals surface area contributed by atoms with Crippen molar-refractivity contribution < 1.29 is 24.2 Å². The van der Waals surface area contributed by atoms with Gasteiger partial charge in [-0.05, 0) is 74.8 Å². The number of hydrogen-bond donors (Lipinski definition) is 3. The van der Waals surface area contributed by atoms with Crippen LogP contribution in [0.3, 0.4) is 0 Å². The highest BCUT2D eigenvalue weighted by atomic mass is 35.5. The van der Waals surface area contributed by atoms with Crippen LogP contribution in [-0.4, -0.2) is 57.9 Å². The molecule has 0 unspecified atom stereocenters. The number of hydrogen-bond acceptors (Lipinski definition) is 6. The van der Waals surface area contributed by atoms with E-state index < -0.39 is 17.1 Å². The van der Waals surface area contributed by atoms with E-state index in [0.717, 1.165) is 48.4 Å². The van der Waals surface area contributed by atoms with Crippen LogP contribution in [0.4, 0.5) is 0 Å². The number of piperidine rings is 1. The quantitative estimate of drug-likeness (QED) is 0.481. The Labute approximate surface area is 221 Å². The van der Waals surface area contributed by atoms with Gasteiger partial charge in [-0.1, -0.05) is 18.2 Å². The van der Waals surface area contributed by atoms with Gasteiger partial charge in [0.25, 0.3) is 5.91 Å². The van der Waals surface area contributed by atoms with Crippen LogP contribution in [0.1, 0.15) is 53.6 Å². The molecule has 1 aromatic heterocycles. The number of benzene rings is 2. The Morgan fingerprint density at radius 3 is 2.84 bits per heavy atom. The van der Waals surface area contributed by atoms with E-state index in [9.17, 15) is 15.0 Å². The molecule has 5 atom stereocenters. The lowest BCUT2D eigenvalue weighted by Crippen LogP contribution is -2.78. The van der Waals surface area contributed by atoms with Gasteiger partial charge in [-0.3, -0.25) is 9.69 Å². The lowest BCUT2D eigenvalue weighted by molar-refractivity contribution is -0.191. The van der Waals surface area contributed by atoms with Gasteiger partial charge >= 0.3 is 0 Å². The van der Waals surface area contributed by atoms with E-state index in [1.807, 2.05) is 24.3 Å². The number of nitrogens with one attached hydrogen (secondary N) is 1. The van der Waals surface area contributed by atoms with Crippen molar-refractivity contribution in [2.24, 2.45) is 5.92 Å². The number of phenolic OH excluding ortho intramolecular Hbond substituents is 1. The SMILES string of the molecule is Cl.O=C(N[C@H]1CC[C@@]2(O)[C@H]3Cc4ccc(O)c5c4[C@@]2(CCN3CC2CC2)[C@H]1O5)c1cccc2ccoc12. The number of aliphatic hydroxyl groups is 1. The second-order valence-electron chi connectivity index (χ2n) is 11.6. The topological polar surface area (TPSA) is 95.2 Å². The summed E-state index contributed by atoms with van der Waals surface area (Å²) in [6.45, 7) is 1.94. The number of furan rings is 1. The van der Waals surface area contributed by atoms with E-state index in [2.05, 4.69) is 10.2 Å². The van der Waals surface area contributed by atoms with E-state index in [1.165, 1.54) is 12.8 Å². The Morgan fingerprint density at radius 2 is 2.00 bits per heavy atom. The maximum atomic E-state index is 13.5. The number of carbonyl (C=O) groups excluding carboxylic acids is 1. The van der Waals surface area contributed by atoms with Crippen LogP contribution >= 0.6 is 12.4 Å². The summed E-state index contributed by atoms with van der Waals surface area (Å²) in [4.78, 5) is 16.0. The molecule has 1 saturated heterocycles. The molecule has 5 aliphatic rings. The third-order valence-corrected chi connectivity index (χ3v) is 9.80. The number of carbonyl (C=O) groups is 1. The fourth-order valence-electron chi connectivity index (χ4n) is 8.05. The second-order valence-corrected chi connectivity index (χ2v) is 11.6. The van der Waals surface area contributed by atoms with E-state index in [-0.39, 0.29) is 36.1 Å². The molecule has 2 saturated carbocycles. The standard InChI is InChI=1S/C29H30N2O5.ClH/c32-21-7-6-18-14-22-29(34)10-8-20(30-27(33)19-3-1-2-17-9-13-35-24(17)19)26-28(29,23(18)25(21)36-26)11-12-31(22)15-16-4-5-16;/h1-3,6-7,9,13,16,20,22,26,32,34H,4-5,8,10-12,14-15H2,(H,30,33);1H/t20-,22+,26-,28-,29+;/m0./s1. The number of likely N-dealkylation sites (tertiary alicyclic amines) is 1. The molecule has 3 heterocycles. The summed E-state index contributed by atoms with van der Waals surface area (Å²) in [5.74, 6) is 1.16. The molecule has 0 radical (unpaired) electrons. The number of rotatable bonds is 4. The highest BCUT2D eigenvalue weighted by Crippen LogP contribution is 2.65. The summed E-state index contributed by atoms with van der Waals surface area (Å²) in [5.41, 5.74) is 1.60. The van der Waals surface area contributed by atoms with Crippen molar-refractivity contribution in [2.75, 3.05) is 13.1 Å². The smallest absolute Gasteiger partial charge is 0.255 e. The van der Waals surface area contributed by atoms with Crippen molar-refractivity contribution in [1.29, 1.82) is 0 Å². The second kappa shape index (κ2) is 7.88. The first-order valence-corrected chi connectivity index (χ1v) is 13.2. The molecule has 37 heavy (non-hydrogen) atoms. The molecule has 1 spiro atoms. The molecule has 8 rings (SSSR count). The lowest BCUT2D eigenvalue weighted by atomic mass is 9.48. The van der Waals surface area contributed by atoms with Gasteiger partial charge in [0, 0.05) is 23.5 Å². The molecule has 3 fully saturated rings. The van der Waals surface area contributed by atoms with Gasteiger partial charge in [0.1, 0.15) is 11.7 Å². The Hall–Kier alpha value is -2.74. The average Bonchev–Trinajstić information content (AvgIpc) is 3.41. The minimum atomic E-state index is -0.959. The zero-order valence-corrected chi connectivity index (χ0v) is 21.3. The largest absolute Gasteiger partial charge is 0.504 e. The van der Waals surface area contributed by atoms with Crippen LogP contribution in [0.5, 0.6) is 11.5 Å². The number of ether oxygens (including phenoxy) is 1. The summed E-state index contributed by atoms with van der Waals surface area (Å²) in [7, 11) is 0. The van der Waals surface area contributed by atoms with Crippen LogP contribution in [0.25, 0.3) is 11.0 Å². The van der Waals surface area contributed by atoms with Gasteiger partial charge in [0.15, 0.2) is 11.5 Å². The molecule has 2 bridgehead atoms. The maximum absolute atomic E-state index is 13.5. The van der Waals surface area contributed by atoms with Gasteiger partial charge < -0.3 is 24.7 Å². The number of fused-ring (bicyclic) bond motifs is 1. The summed E-state index contributed by atoms with van der Waals surface area (Å²) in [5, 5.41) is 27.5. The molecule has 7 nitrogen and oxygen atoms in total. The highest BCUT2D eigenvalue weighted by Gasteiger charge is 2.73. The van der Waals surface area contributed by atoms with E-state index in [1.54, 1.807) is 18.4 Å². The Bertz CT molecular complexity index is 1420. The minimum Gasteiger partial charge on any atom is -0.504 e. The zero-order chi connectivity index (χ0) is 24.2. The summed E-state index contributed by atoms with van der Waals surface area (Å²) < 4.78 is 12.2. The first kappa shape index (κ1) is 23.4. The van der Waals surface area contributed by atoms with Crippen LogP contribution in [0.2, 0.25) is 0 Å². The van der Waals surface area contributed by atoms with Crippen LogP contribution in [0, 0.1) is 5.92 Å². The fraction of sp³-hybridized carbons (Fsp3) is 0.483. The van der Waals surface area contributed by atoms with Crippen LogP contribution < -0.4 is 10.1 Å². The summed E-state index contributed by atoms with van der Waals surface area (Å²) in [6, 6.07) is 10.9. The fourth-order valence-corrected chi connectivity index (χ4v) is 8.05. The number of para-hydroxylation sites is 1. The predicted octanol–water partition coefficient (Wildman–Crippen LogP) is 3.92. The van der Waals surface area contributed by atoms with Crippen molar-refractivity contribution in [3.63, 3.8) is 0 Å². The molecule has 1 amide bonds. The lowest BCUT2D eigenvalue weighted by Gasteiger charge is -2.64. The number of aromatic hydroxyl groups is 1. The van der Waals surface area contributed by atoms with Gasteiger partial charge in [-0.25, -0.2) is 0 Å². The van der Waals surface area contributed by atoms with E-state index >= 15 is 0 Å². The first-order chi connectivity index (χ1) is 17.5. The minimum absolute atomic E-state index is 0. The molecule has 3 N–H and O–H groups in total. The molecule has 8 heteroatoms. The molecule has 2 aromatic carbocycles. The number of halogens is 1. The Morgan fingerprint density at radius 1 is 1.14 bits per heavy atom. The monoisotopic (exact) mass is 522 g/mol. The van der Waals surface area contributed by atoms with Crippen molar-refractivity contribution in [3.8, 4) is 11.5 Å². The summed E-state index contributed by atoms with van der Waals surface area (Å²) in [6.07, 6.45) is 6.43. The molecule has 2 aliphatic heterocycles. The average molecular weight is 523 g/mol. The van der Waals surface area contributed by atoms with Gasteiger partial charge in [-0.2, -0.15) is 0 Å². The number of amides is 1. The zero-order valence-electron chi connectivity index (χ0n) is 20.5. The maximum Gasteiger partial charge on any atom is 0.255 e. The molecular weight excluding hydrogens is 492 g/mol. The van der Waals surface area contributed by atoms with Gasteiger partial charge in [0.2, 0.25) is 0 Å².